The standard InChI is InChI=1S/C19H20ClF3N2O2.2ClH/c1-12-10-14(20)11-16(18(12)26)17(25-8-6-24-7-9-25)13-2-4-15(5-3-13)27-19(21,22)23;;/h2-5,10-11,17,24,26H,6-9H2,1H3;2*1H/t17-;;/m1../s1. The van der Waals surface area contributed by atoms with Crippen molar-refractivity contribution in [3.05, 3.63) is 58.1 Å². The number of aromatic hydroxyl groups is 1. The Labute approximate surface area is 184 Å². The summed E-state index contributed by atoms with van der Waals surface area (Å²) in [6.07, 6.45) is -4.73. The maximum atomic E-state index is 12.4. The zero-order valence-corrected chi connectivity index (χ0v) is 17.9. The van der Waals surface area contributed by atoms with E-state index in [-0.39, 0.29) is 42.4 Å². The lowest BCUT2D eigenvalue weighted by atomic mass is 9.94. The molecule has 4 nitrogen and oxygen atoms in total. The summed E-state index contributed by atoms with van der Waals surface area (Å²) < 4.78 is 41.2. The predicted molar refractivity (Wildman–Crippen MR) is 112 cm³/mol. The average Bonchev–Trinajstić information content (AvgIpc) is 2.60. The number of benzene rings is 2. The van der Waals surface area contributed by atoms with Crippen molar-refractivity contribution in [1.82, 2.24) is 10.2 Å². The maximum absolute atomic E-state index is 12.4. The van der Waals surface area contributed by atoms with E-state index in [0.29, 0.717) is 16.1 Å². The maximum Gasteiger partial charge on any atom is 0.573 e. The monoisotopic (exact) mass is 472 g/mol. The number of hydrogen-bond acceptors (Lipinski definition) is 4. The number of nitrogens with one attached hydrogen (secondary N) is 1. The van der Waals surface area contributed by atoms with E-state index in [1.54, 1.807) is 31.2 Å². The van der Waals surface area contributed by atoms with Crippen molar-refractivity contribution < 1.29 is 23.0 Å². The Hall–Kier alpha value is -1.38. The van der Waals surface area contributed by atoms with E-state index in [1.165, 1.54) is 12.1 Å². The fourth-order valence-electron chi connectivity index (χ4n) is 3.35. The third-order valence-electron chi connectivity index (χ3n) is 4.54. The first-order valence-corrected chi connectivity index (χ1v) is 8.92. The van der Waals surface area contributed by atoms with Crippen LogP contribution in [0.2, 0.25) is 5.02 Å². The van der Waals surface area contributed by atoms with Crippen LogP contribution in [0.4, 0.5) is 13.2 Å². The summed E-state index contributed by atoms with van der Waals surface area (Å²) in [4.78, 5) is 2.17. The molecule has 0 aliphatic carbocycles. The summed E-state index contributed by atoms with van der Waals surface area (Å²) in [5.41, 5.74) is 2.03. The molecule has 0 aromatic heterocycles. The second-order valence-corrected chi connectivity index (χ2v) is 6.90. The lowest BCUT2D eigenvalue weighted by Gasteiger charge is -2.36. The Morgan fingerprint density at radius 2 is 1.69 bits per heavy atom. The minimum absolute atomic E-state index is 0. The molecule has 0 unspecified atom stereocenters. The van der Waals surface area contributed by atoms with E-state index < -0.39 is 6.36 Å². The fourth-order valence-corrected chi connectivity index (χ4v) is 3.63. The van der Waals surface area contributed by atoms with Crippen LogP contribution in [0.15, 0.2) is 36.4 Å². The number of phenols is 1. The van der Waals surface area contributed by atoms with Crippen molar-refractivity contribution in [1.29, 1.82) is 0 Å². The van der Waals surface area contributed by atoms with Crippen LogP contribution >= 0.6 is 36.4 Å². The third-order valence-corrected chi connectivity index (χ3v) is 4.75. The number of rotatable bonds is 4. The molecule has 29 heavy (non-hydrogen) atoms. The minimum atomic E-state index is -4.73. The Balaban J connectivity index is 0.00000210. The van der Waals surface area contributed by atoms with Gasteiger partial charge in [-0.2, -0.15) is 0 Å². The first-order chi connectivity index (χ1) is 12.7. The van der Waals surface area contributed by atoms with Crippen molar-refractivity contribution in [3.63, 3.8) is 0 Å². The number of alkyl halides is 3. The van der Waals surface area contributed by atoms with Crippen LogP contribution in [0, 0.1) is 6.92 Å². The first kappa shape index (κ1) is 25.7. The number of piperazine rings is 1. The second-order valence-electron chi connectivity index (χ2n) is 6.47. The van der Waals surface area contributed by atoms with Gasteiger partial charge in [0.1, 0.15) is 11.5 Å². The number of aryl methyl sites for hydroxylation is 1. The van der Waals surface area contributed by atoms with Crippen molar-refractivity contribution in [2.75, 3.05) is 26.2 Å². The van der Waals surface area contributed by atoms with E-state index in [0.717, 1.165) is 31.7 Å². The molecule has 1 aliphatic rings. The highest BCUT2D eigenvalue weighted by molar-refractivity contribution is 6.30. The van der Waals surface area contributed by atoms with Gasteiger partial charge in [-0.1, -0.05) is 23.7 Å². The molecule has 0 spiro atoms. The van der Waals surface area contributed by atoms with Crippen molar-refractivity contribution in [3.8, 4) is 11.5 Å². The van der Waals surface area contributed by atoms with Crippen molar-refractivity contribution in [2.45, 2.75) is 19.3 Å². The molecule has 162 valence electrons. The summed E-state index contributed by atoms with van der Waals surface area (Å²) in [5, 5.41) is 14.4. The number of nitrogens with zero attached hydrogens (tertiary/aromatic N) is 1. The molecule has 0 radical (unpaired) electrons. The zero-order valence-electron chi connectivity index (χ0n) is 15.5. The summed E-state index contributed by atoms with van der Waals surface area (Å²) in [6.45, 7) is 4.80. The first-order valence-electron chi connectivity index (χ1n) is 8.54. The molecular weight excluding hydrogens is 452 g/mol. The SMILES string of the molecule is Cc1cc(Cl)cc([C@@H](c2ccc(OC(F)(F)F)cc2)N2CCNCC2)c1O.Cl.Cl. The van der Waals surface area contributed by atoms with E-state index in [4.69, 9.17) is 11.6 Å². The average molecular weight is 474 g/mol. The Kier molecular flexibility index (Phi) is 9.37. The van der Waals surface area contributed by atoms with Crippen LogP contribution in [0.25, 0.3) is 0 Å². The molecule has 0 bridgehead atoms. The lowest BCUT2D eigenvalue weighted by Crippen LogP contribution is -2.45. The van der Waals surface area contributed by atoms with Gasteiger partial charge in [-0.25, -0.2) is 0 Å². The molecule has 2 aromatic carbocycles. The van der Waals surface area contributed by atoms with Crippen LogP contribution < -0.4 is 10.1 Å². The number of hydrogen-bond donors (Lipinski definition) is 2. The van der Waals surface area contributed by atoms with Gasteiger partial charge in [-0.15, -0.1) is 38.0 Å². The molecular formula is C19H22Cl3F3N2O2. The molecule has 1 aliphatic heterocycles. The third kappa shape index (κ3) is 6.55. The summed E-state index contributed by atoms with van der Waals surface area (Å²) in [6, 6.07) is 8.79. The number of halogens is 6. The van der Waals surface area contributed by atoms with Gasteiger partial charge in [0.25, 0.3) is 0 Å². The smallest absolute Gasteiger partial charge is 0.507 e. The van der Waals surface area contributed by atoms with Crippen LogP contribution in [0.5, 0.6) is 11.5 Å². The quantitative estimate of drug-likeness (QED) is 0.649. The van der Waals surface area contributed by atoms with Gasteiger partial charge in [-0.05, 0) is 42.3 Å². The highest BCUT2D eigenvalue weighted by Gasteiger charge is 2.32. The molecule has 0 amide bonds. The molecule has 0 saturated carbocycles. The van der Waals surface area contributed by atoms with E-state index >= 15 is 0 Å². The molecule has 1 heterocycles. The Morgan fingerprint density at radius 1 is 1.10 bits per heavy atom. The Morgan fingerprint density at radius 3 is 2.24 bits per heavy atom. The summed E-state index contributed by atoms with van der Waals surface area (Å²) in [5.74, 6) is -0.143. The summed E-state index contributed by atoms with van der Waals surface area (Å²) in [7, 11) is 0. The van der Waals surface area contributed by atoms with Crippen LogP contribution in [0.3, 0.4) is 0 Å². The minimum Gasteiger partial charge on any atom is -0.507 e. The molecule has 1 saturated heterocycles. The molecule has 10 heteroatoms. The van der Waals surface area contributed by atoms with E-state index in [2.05, 4.69) is 15.0 Å². The van der Waals surface area contributed by atoms with Crippen molar-refractivity contribution >= 4 is 36.4 Å². The van der Waals surface area contributed by atoms with Crippen LogP contribution in [0.1, 0.15) is 22.7 Å². The Bertz CT molecular complexity index is 799. The normalized spacial score (nSPS) is 15.8. The largest absolute Gasteiger partial charge is 0.573 e. The summed E-state index contributed by atoms with van der Waals surface area (Å²) >= 11 is 6.20. The van der Waals surface area contributed by atoms with E-state index in [9.17, 15) is 18.3 Å². The highest BCUT2D eigenvalue weighted by Crippen LogP contribution is 2.38. The molecule has 2 N–H and O–H groups in total. The van der Waals surface area contributed by atoms with Crippen LogP contribution in [-0.2, 0) is 0 Å². The van der Waals surface area contributed by atoms with Gasteiger partial charge in [0, 0.05) is 36.8 Å². The van der Waals surface area contributed by atoms with E-state index in [1.807, 2.05) is 0 Å². The molecule has 1 atom stereocenters. The van der Waals surface area contributed by atoms with Gasteiger partial charge in [-0.3, -0.25) is 4.90 Å². The number of phenolic OH excluding ortho intramolecular Hbond substituents is 1. The van der Waals surface area contributed by atoms with Gasteiger partial charge in [0.15, 0.2) is 0 Å². The molecule has 3 rings (SSSR count). The second kappa shape index (κ2) is 10.6. The highest BCUT2D eigenvalue weighted by atomic mass is 35.5. The number of ether oxygens (including phenoxy) is 1. The topological polar surface area (TPSA) is 44.7 Å². The van der Waals surface area contributed by atoms with Gasteiger partial charge in [0.2, 0.25) is 0 Å². The molecule has 1 fully saturated rings. The van der Waals surface area contributed by atoms with Crippen molar-refractivity contribution in [2.24, 2.45) is 0 Å². The van der Waals surface area contributed by atoms with Crippen LogP contribution in [-0.4, -0.2) is 42.5 Å². The predicted octanol–water partition coefficient (Wildman–Crippen LogP) is 5.09. The lowest BCUT2D eigenvalue weighted by molar-refractivity contribution is -0.274. The van der Waals surface area contributed by atoms with Gasteiger partial charge in [0.05, 0.1) is 6.04 Å². The van der Waals surface area contributed by atoms with Gasteiger partial charge < -0.3 is 15.2 Å². The van der Waals surface area contributed by atoms with Gasteiger partial charge >= 0.3 is 6.36 Å². The zero-order chi connectivity index (χ0) is 19.6. The molecule has 2 aromatic rings. The fraction of sp³-hybridized carbons (Fsp3) is 0.368.